The number of phenols is 2. The highest BCUT2D eigenvalue weighted by Gasteiger charge is 2.09. The smallest absolute Gasteiger partial charge is 0.143 e. The second-order valence-corrected chi connectivity index (χ2v) is 4.25. The Hall–Kier alpha value is -1.68. The van der Waals surface area contributed by atoms with Gasteiger partial charge in [0.25, 0.3) is 0 Å². The number of fused-ring (bicyclic) bond motifs is 1. The highest BCUT2D eigenvalue weighted by Crippen LogP contribution is 2.31. The third-order valence-corrected chi connectivity index (χ3v) is 2.67. The first-order valence-corrected chi connectivity index (χ1v) is 5.24. The van der Waals surface area contributed by atoms with Crippen LogP contribution in [0.4, 0.5) is 0 Å². The first kappa shape index (κ1) is 10.8. The summed E-state index contributed by atoms with van der Waals surface area (Å²) < 4.78 is 0. The highest BCUT2D eigenvalue weighted by atomic mass is 16.3. The van der Waals surface area contributed by atoms with Gasteiger partial charge in [0.2, 0.25) is 0 Å². The van der Waals surface area contributed by atoms with Crippen molar-refractivity contribution in [3.63, 3.8) is 0 Å². The Kier molecular flexibility index (Phi) is 2.75. The van der Waals surface area contributed by atoms with E-state index in [2.05, 4.69) is 9.88 Å². The number of nitrogens with zero attached hydrogens (tertiary/aromatic N) is 1. The summed E-state index contributed by atoms with van der Waals surface area (Å²) in [5.41, 5.74) is 1.79. The van der Waals surface area contributed by atoms with Gasteiger partial charge < -0.3 is 20.1 Å². The monoisotopic (exact) mass is 220 g/mol. The van der Waals surface area contributed by atoms with Gasteiger partial charge in [0.05, 0.1) is 5.52 Å². The predicted octanol–water partition coefficient (Wildman–Crippen LogP) is 1.68. The standard InChI is InChI=1S/C12H16N2O2/c1-14(2)4-3-8-7-13-12-10(8)5-9(15)6-11(12)16/h5-7,13,15-16H,3-4H2,1-2H3. The number of aromatic hydroxyl groups is 2. The van der Waals surface area contributed by atoms with Gasteiger partial charge in [-0.2, -0.15) is 0 Å². The van der Waals surface area contributed by atoms with Gasteiger partial charge in [0.1, 0.15) is 11.5 Å². The average Bonchev–Trinajstić information content (AvgIpc) is 2.58. The molecule has 0 radical (unpaired) electrons. The zero-order valence-corrected chi connectivity index (χ0v) is 9.49. The molecule has 16 heavy (non-hydrogen) atoms. The van der Waals surface area contributed by atoms with E-state index in [1.165, 1.54) is 6.07 Å². The molecule has 0 amide bonds. The SMILES string of the molecule is CN(C)CCc1c[nH]c2c(O)cc(O)cc12. The molecule has 0 saturated carbocycles. The van der Waals surface area contributed by atoms with Gasteiger partial charge >= 0.3 is 0 Å². The van der Waals surface area contributed by atoms with Gasteiger partial charge in [-0.05, 0) is 32.1 Å². The predicted molar refractivity (Wildman–Crippen MR) is 63.9 cm³/mol. The van der Waals surface area contributed by atoms with Crippen LogP contribution in [0.2, 0.25) is 0 Å². The molecule has 0 aliphatic rings. The van der Waals surface area contributed by atoms with Gasteiger partial charge in [-0.25, -0.2) is 0 Å². The largest absolute Gasteiger partial charge is 0.508 e. The Morgan fingerprint density at radius 2 is 2.00 bits per heavy atom. The van der Waals surface area contributed by atoms with E-state index in [0.717, 1.165) is 23.9 Å². The first-order valence-electron chi connectivity index (χ1n) is 5.24. The molecule has 0 atom stereocenters. The summed E-state index contributed by atoms with van der Waals surface area (Å²) in [6.45, 7) is 0.934. The fraction of sp³-hybridized carbons (Fsp3) is 0.333. The molecule has 2 aromatic rings. The zero-order valence-electron chi connectivity index (χ0n) is 9.49. The number of rotatable bonds is 3. The summed E-state index contributed by atoms with van der Waals surface area (Å²) in [7, 11) is 4.04. The van der Waals surface area contributed by atoms with Crippen molar-refractivity contribution in [1.82, 2.24) is 9.88 Å². The van der Waals surface area contributed by atoms with Gasteiger partial charge in [-0.1, -0.05) is 0 Å². The van der Waals surface area contributed by atoms with Crippen molar-refractivity contribution in [3.8, 4) is 11.5 Å². The summed E-state index contributed by atoms with van der Waals surface area (Å²) in [6, 6.07) is 3.02. The Morgan fingerprint density at radius 3 is 2.69 bits per heavy atom. The van der Waals surface area contributed by atoms with Crippen LogP contribution in [0.3, 0.4) is 0 Å². The third kappa shape index (κ3) is 1.97. The van der Waals surface area contributed by atoms with Crippen LogP contribution in [0.1, 0.15) is 5.56 Å². The lowest BCUT2D eigenvalue weighted by Crippen LogP contribution is -2.14. The average molecular weight is 220 g/mol. The molecule has 1 heterocycles. The number of likely N-dealkylation sites (N-methyl/N-ethyl adjacent to an activating group) is 1. The van der Waals surface area contributed by atoms with Crippen molar-refractivity contribution >= 4 is 10.9 Å². The molecule has 0 unspecified atom stereocenters. The van der Waals surface area contributed by atoms with E-state index >= 15 is 0 Å². The molecule has 0 saturated heterocycles. The zero-order chi connectivity index (χ0) is 11.7. The molecular weight excluding hydrogens is 204 g/mol. The van der Waals surface area contributed by atoms with E-state index in [9.17, 15) is 10.2 Å². The van der Waals surface area contributed by atoms with Crippen molar-refractivity contribution in [2.75, 3.05) is 20.6 Å². The van der Waals surface area contributed by atoms with E-state index < -0.39 is 0 Å². The maximum atomic E-state index is 9.64. The number of benzene rings is 1. The number of aromatic amines is 1. The Balaban J connectivity index is 2.40. The van der Waals surface area contributed by atoms with Crippen molar-refractivity contribution in [2.45, 2.75) is 6.42 Å². The fourth-order valence-electron chi connectivity index (χ4n) is 1.80. The van der Waals surface area contributed by atoms with Crippen LogP contribution in [0.25, 0.3) is 10.9 Å². The topological polar surface area (TPSA) is 59.5 Å². The van der Waals surface area contributed by atoms with Crippen LogP contribution in [0, 0.1) is 0 Å². The number of nitrogens with one attached hydrogen (secondary N) is 1. The summed E-state index contributed by atoms with van der Waals surface area (Å²) in [4.78, 5) is 5.13. The summed E-state index contributed by atoms with van der Waals surface area (Å²) in [6.07, 6.45) is 2.77. The Morgan fingerprint density at radius 1 is 1.25 bits per heavy atom. The maximum absolute atomic E-state index is 9.64. The van der Waals surface area contributed by atoms with Crippen LogP contribution < -0.4 is 0 Å². The van der Waals surface area contributed by atoms with Crippen molar-refractivity contribution in [2.24, 2.45) is 0 Å². The van der Waals surface area contributed by atoms with Gasteiger partial charge in [0, 0.05) is 24.2 Å². The molecule has 1 aromatic heterocycles. The van der Waals surface area contributed by atoms with E-state index in [4.69, 9.17) is 0 Å². The summed E-state index contributed by atoms with van der Waals surface area (Å²) in [5.74, 6) is 0.182. The molecule has 1 aromatic carbocycles. The molecule has 0 aliphatic heterocycles. The van der Waals surface area contributed by atoms with Gasteiger partial charge in [0.15, 0.2) is 0 Å². The van der Waals surface area contributed by atoms with Crippen LogP contribution >= 0.6 is 0 Å². The van der Waals surface area contributed by atoms with Crippen LogP contribution in [0.15, 0.2) is 18.3 Å². The molecule has 0 aliphatic carbocycles. The molecule has 0 fully saturated rings. The van der Waals surface area contributed by atoms with Crippen molar-refractivity contribution in [3.05, 3.63) is 23.9 Å². The van der Waals surface area contributed by atoms with Crippen LogP contribution in [-0.2, 0) is 6.42 Å². The molecule has 4 nitrogen and oxygen atoms in total. The van der Waals surface area contributed by atoms with E-state index in [1.54, 1.807) is 6.07 Å². The first-order chi connectivity index (χ1) is 7.58. The molecule has 0 bridgehead atoms. The summed E-state index contributed by atoms with van der Waals surface area (Å²) in [5, 5.41) is 20.0. The minimum absolute atomic E-state index is 0.0890. The van der Waals surface area contributed by atoms with E-state index in [0.29, 0.717) is 5.52 Å². The van der Waals surface area contributed by atoms with Crippen LogP contribution in [0.5, 0.6) is 11.5 Å². The molecule has 86 valence electrons. The Bertz CT molecular complexity index is 503. The molecule has 4 heteroatoms. The number of aromatic nitrogens is 1. The van der Waals surface area contributed by atoms with E-state index in [1.807, 2.05) is 20.3 Å². The third-order valence-electron chi connectivity index (χ3n) is 2.67. The normalized spacial score (nSPS) is 11.4. The number of hydrogen-bond acceptors (Lipinski definition) is 3. The quantitative estimate of drug-likeness (QED) is 0.737. The van der Waals surface area contributed by atoms with Crippen molar-refractivity contribution < 1.29 is 10.2 Å². The fourth-order valence-corrected chi connectivity index (χ4v) is 1.80. The molecular formula is C12H16N2O2. The minimum Gasteiger partial charge on any atom is -0.508 e. The Labute approximate surface area is 94.1 Å². The molecule has 2 rings (SSSR count). The van der Waals surface area contributed by atoms with Gasteiger partial charge in [-0.15, -0.1) is 0 Å². The van der Waals surface area contributed by atoms with Crippen molar-refractivity contribution in [1.29, 1.82) is 0 Å². The minimum atomic E-state index is 0.0890. The maximum Gasteiger partial charge on any atom is 0.143 e. The van der Waals surface area contributed by atoms with Crippen LogP contribution in [-0.4, -0.2) is 40.7 Å². The number of phenolic OH excluding ortho intramolecular Hbond substituents is 2. The van der Waals surface area contributed by atoms with E-state index in [-0.39, 0.29) is 11.5 Å². The second kappa shape index (κ2) is 4.06. The lowest BCUT2D eigenvalue weighted by molar-refractivity contribution is 0.414. The molecule has 0 spiro atoms. The summed E-state index contributed by atoms with van der Waals surface area (Å²) >= 11 is 0. The lowest BCUT2D eigenvalue weighted by Gasteiger charge is -2.08. The number of hydrogen-bond donors (Lipinski definition) is 3. The highest BCUT2D eigenvalue weighted by molar-refractivity contribution is 5.89. The second-order valence-electron chi connectivity index (χ2n) is 4.25. The lowest BCUT2D eigenvalue weighted by atomic mass is 10.1. The number of H-pyrrole nitrogens is 1. The van der Waals surface area contributed by atoms with Gasteiger partial charge in [-0.3, -0.25) is 0 Å². The molecule has 3 N–H and O–H groups in total.